The minimum Gasteiger partial charge on any atom is -0.481 e. The molecule has 5 N–H and O–H groups in total. The van der Waals surface area contributed by atoms with Gasteiger partial charge in [0, 0.05) is 12.1 Å². The van der Waals surface area contributed by atoms with Gasteiger partial charge in [-0.25, -0.2) is 4.79 Å². The van der Waals surface area contributed by atoms with E-state index in [4.69, 9.17) is 5.11 Å². The summed E-state index contributed by atoms with van der Waals surface area (Å²) in [5.41, 5.74) is -0.514. The van der Waals surface area contributed by atoms with Gasteiger partial charge in [-0.1, -0.05) is 36.4 Å². The Morgan fingerprint density at radius 2 is 1.63 bits per heavy atom. The molecule has 2 rings (SSSR count). The average Bonchev–Trinajstić information content (AvgIpc) is 2.70. The van der Waals surface area contributed by atoms with Crippen LogP contribution >= 0.6 is 8.03 Å². The molecule has 4 unspecified atom stereocenters. The summed E-state index contributed by atoms with van der Waals surface area (Å²) in [4.78, 5) is 44.1. The van der Waals surface area contributed by atoms with Gasteiger partial charge in [-0.05, 0) is 30.2 Å². The van der Waals surface area contributed by atoms with Gasteiger partial charge in [-0.3, -0.25) is 14.2 Å². The molecular weight excluding hydrogens is 413 g/mol. The zero-order valence-corrected chi connectivity index (χ0v) is 16.8. The summed E-state index contributed by atoms with van der Waals surface area (Å²) in [6.07, 6.45) is -0.800. The smallest absolute Gasteiger partial charge is 0.335 e. The number of aromatic carboxylic acids is 1. The molecule has 0 saturated carbocycles. The van der Waals surface area contributed by atoms with Crippen molar-refractivity contribution in [1.82, 2.24) is 0 Å². The van der Waals surface area contributed by atoms with Crippen molar-refractivity contribution in [2.24, 2.45) is 5.92 Å². The summed E-state index contributed by atoms with van der Waals surface area (Å²) in [6, 6.07) is 13.2. The molecule has 2 aromatic carbocycles. The molecule has 0 saturated heterocycles. The van der Waals surface area contributed by atoms with Gasteiger partial charge in [0.1, 0.15) is 0 Å². The quantitative estimate of drug-likeness (QED) is 0.334. The zero-order valence-electron chi connectivity index (χ0n) is 15.8. The minimum atomic E-state index is -3.46. The Morgan fingerprint density at radius 3 is 2.17 bits per heavy atom. The highest BCUT2D eigenvalue weighted by molar-refractivity contribution is 7.39. The first-order valence-electron chi connectivity index (χ1n) is 9.03. The molecule has 0 radical (unpaired) electrons. The van der Waals surface area contributed by atoms with Crippen molar-refractivity contribution in [3.05, 3.63) is 65.7 Å². The molecule has 4 atom stereocenters. The molecule has 0 spiro atoms. The van der Waals surface area contributed by atoms with Crippen molar-refractivity contribution >= 4 is 31.6 Å². The van der Waals surface area contributed by atoms with Crippen LogP contribution in [0, 0.1) is 5.92 Å². The van der Waals surface area contributed by atoms with E-state index in [1.807, 2.05) is 0 Å². The number of carboxylic acids is 3. The van der Waals surface area contributed by atoms with E-state index in [0.29, 0.717) is 11.3 Å². The first-order chi connectivity index (χ1) is 14.2. The topological polar surface area (TPSA) is 161 Å². The Hall–Kier alpha value is -3.16. The van der Waals surface area contributed by atoms with Crippen LogP contribution in [-0.2, 0) is 14.2 Å². The Labute approximate surface area is 172 Å². The van der Waals surface area contributed by atoms with Crippen molar-refractivity contribution in [1.29, 1.82) is 0 Å². The first-order valence-corrected chi connectivity index (χ1v) is 10.5. The molecule has 10 heteroatoms. The van der Waals surface area contributed by atoms with E-state index in [2.05, 4.69) is 5.32 Å². The molecule has 0 aliphatic carbocycles. The van der Waals surface area contributed by atoms with E-state index < -0.39 is 50.0 Å². The number of nitrogens with one attached hydrogen (secondary N) is 1. The van der Waals surface area contributed by atoms with E-state index in [1.54, 1.807) is 36.4 Å². The lowest BCUT2D eigenvalue weighted by atomic mass is 9.90. The summed E-state index contributed by atoms with van der Waals surface area (Å²) < 4.78 is 12.3. The normalized spacial score (nSPS) is 14.8. The number of carbonyl (C=O) groups is 3. The first kappa shape index (κ1) is 23.1. The van der Waals surface area contributed by atoms with Crippen LogP contribution in [0.4, 0.5) is 5.69 Å². The van der Waals surface area contributed by atoms with Gasteiger partial charge < -0.3 is 25.5 Å². The number of hydrogen-bond acceptors (Lipinski definition) is 5. The fraction of sp³-hybridized carbons (Fsp3) is 0.250. The molecule has 9 nitrogen and oxygen atoms in total. The fourth-order valence-electron chi connectivity index (χ4n) is 3.24. The Morgan fingerprint density at radius 1 is 0.967 bits per heavy atom. The zero-order chi connectivity index (χ0) is 22.3. The van der Waals surface area contributed by atoms with Gasteiger partial charge >= 0.3 is 17.9 Å². The highest BCUT2D eigenvalue weighted by Crippen LogP contribution is 2.42. The van der Waals surface area contributed by atoms with Crippen molar-refractivity contribution in [2.45, 2.75) is 24.5 Å². The lowest BCUT2D eigenvalue weighted by Gasteiger charge is -2.31. The molecule has 0 amide bonds. The Kier molecular flexibility index (Phi) is 8.15. The predicted molar refractivity (Wildman–Crippen MR) is 109 cm³/mol. The molecule has 30 heavy (non-hydrogen) atoms. The molecule has 0 aliphatic heterocycles. The van der Waals surface area contributed by atoms with Crippen LogP contribution in [0.2, 0.25) is 0 Å². The average molecular weight is 435 g/mol. The van der Waals surface area contributed by atoms with Crippen LogP contribution in [0.1, 0.15) is 34.8 Å². The molecule has 0 bridgehead atoms. The standard InChI is InChI=1S/C20H22NO8P/c22-16(23)10-9-15(20(26)27)18(30(28)29)17(12-5-2-1-3-6-12)21-14-8-4-7-13(11-14)19(24)25/h1-8,11,15,17-18,21,30H,9-10H2,(H,22,23)(H,24,25)(H,26,27)(H,28,29). The maximum Gasteiger partial charge on any atom is 0.335 e. The second-order valence-electron chi connectivity index (χ2n) is 6.66. The third-order valence-corrected chi connectivity index (χ3v) is 5.96. The third-order valence-electron chi connectivity index (χ3n) is 4.65. The van der Waals surface area contributed by atoms with Crippen molar-refractivity contribution in [3.63, 3.8) is 0 Å². The number of anilines is 1. The highest BCUT2D eigenvalue weighted by atomic mass is 31.1. The summed E-state index contributed by atoms with van der Waals surface area (Å²) in [6.45, 7) is 0. The van der Waals surface area contributed by atoms with Gasteiger partial charge in [-0.2, -0.15) is 0 Å². The minimum absolute atomic E-state index is 0.0133. The third kappa shape index (κ3) is 6.17. The summed E-state index contributed by atoms with van der Waals surface area (Å²) >= 11 is 0. The van der Waals surface area contributed by atoms with Gasteiger partial charge in [0.25, 0.3) is 0 Å². The van der Waals surface area contributed by atoms with Crippen LogP contribution < -0.4 is 5.32 Å². The van der Waals surface area contributed by atoms with Crippen molar-refractivity contribution in [2.75, 3.05) is 5.32 Å². The summed E-state index contributed by atoms with van der Waals surface area (Å²) in [7, 11) is -3.46. The van der Waals surface area contributed by atoms with Crippen LogP contribution in [-0.4, -0.2) is 43.8 Å². The largest absolute Gasteiger partial charge is 0.481 e. The van der Waals surface area contributed by atoms with Gasteiger partial charge in [0.2, 0.25) is 0 Å². The van der Waals surface area contributed by atoms with E-state index >= 15 is 0 Å². The van der Waals surface area contributed by atoms with Crippen molar-refractivity contribution in [3.8, 4) is 0 Å². The number of benzene rings is 2. The van der Waals surface area contributed by atoms with Crippen LogP contribution in [0.15, 0.2) is 54.6 Å². The molecule has 0 fully saturated rings. The Bertz CT molecular complexity index is 933. The number of aliphatic carboxylic acids is 2. The lowest BCUT2D eigenvalue weighted by molar-refractivity contribution is -0.143. The number of rotatable bonds is 11. The summed E-state index contributed by atoms with van der Waals surface area (Å²) in [5, 5.41) is 30.8. The molecule has 0 aromatic heterocycles. The van der Waals surface area contributed by atoms with Gasteiger partial charge in [-0.15, -0.1) is 0 Å². The van der Waals surface area contributed by atoms with E-state index in [0.717, 1.165) is 0 Å². The second-order valence-corrected chi connectivity index (χ2v) is 8.00. The van der Waals surface area contributed by atoms with E-state index in [-0.39, 0.29) is 12.0 Å². The van der Waals surface area contributed by atoms with Crippen LogP contribution in [0.25, 0.3) is 0 Å². The molecule has 0 aliphatic rings. The van der Waals surface area contributed by atoms with Gasteiger partial charge in [0.15, 0.2) is 8.03 Å². The van der Waals surface area contributed by atoms with Crippen LogP contribution in [0.5, 0.6) is 0 Å². The SMILES string of the molecule is O=C(O)CCC(C(=O)O)C(C(Nc1cccc(C(=O)O)c1)c1ccccc1)[PH](=O)O. The second kappa shape index (κ2) is 10.6. The maximum atomic E-state index is 12.3. The molecular formula is C20H22NO8P. The Balaban J connectivity index is 2.51. The molecule has 160 valence electrons. The van der Waals surface area contributed by atoms with Crippen molar-refractivity contribution < 1.29 is 39.2 Å². The van der Waals surface area contributed by atoms with Gasteiger partial charge in [0.05, 0.1) is 23.2 Å². The predicted octanol–water partition coefficient (Wildman–Crippen LogP) is 2.94. The monoisotopic (exact) mass is 435 g/mol. The summed E-state index contributed by atoms with van der Waals surface area (Å²) in [5.74, 6) is -5.16. The molecule has 2 aromatic rings. The number of carboxylic acid groups (broad SMARTS) is 3. The van der Waals surface area contributed by atoms with E-state index in [9.17, 15) is 34.1 Å². The number of hydrogen-bond donors (Lipinski definition) is 5. The fourth-order valence-corrected chi connectivity index (χ4v) is 4.46. The van der Waals surface area contributed by atoms with E-state index in [1.165, 1.54) is 18.2 Å². The van der Waals surface area contributed by atoms with Crippen LogP contribution in [0.3, 0.4) is 0 Å². The highest BCUT2D eigenvalue weighted by Gasteiger charge is 2.39. The molecule has 0 heterocycles. The maximum absolute atomic E-state index is 12.3. The lowest BCUT2D eigenvalue weighted by Crippen LogP contribution is -2.35.